The normalized spacial score (nSPS) is 11.8. The van der Waals surface area contributed by atoms with Crippen molar-refractivity contribution in [2.45, 2.75) is 108 Å². The second kappa shape index (κ2) is 29.5. The van der Waals surface area contributed by atoms with E-state index < -0.39 is 33.7 Å². The van der Waals surface area contributed by atoms with Crippen LogP contribution in [-0.2, 0) is 34.0 Å². The summed E-state index contributed by atoms with van der Waals surface area (Å²) in [6, 6.07) is 0. The van der Waals surface area contributed by atoms with E-state index in [2.05, 4.69) is 29.1 Å². The number of unbranched alkanes of at least 4 members (excludes halogenated alkanes) is 11. The van der Waals surface area contributed by atoms with Gasteiger partial charge < -0.3 is 29.2 Å². The smallest absolute Gasteiger partial charge is 0.747 e. The van der Waals surface area contributed by atoms with Gasteiger partial charge in [0.2, 0.25) is 5.91 Å². The number of carbonyl (C=O) groups excluding carboxylic acids is 3. The maximum Gasteiger partial charge on any atom is 1.00 e. The molecule has 0 aliphatic rings. The monoisotopic (exact) mass is 593 g/mol. The molecule has 1 N–H and O–H groups in total. The zero-order chi connectivity index (χ0) is 27.8. The van der Waals surface area contributed by atoms with Crippen molar-refractivity contribution >= 4 is 28.0 Å². The number of rotatable bonds is 25. The Morgan fingerprint density at radius 3 is 1.90 bits per heavy atom. The maximum absolute atomic E-state index is 11.8. The van der Waals surface area contributed by atoms with E-state index >= 15 is 0 Å². The minimum absolute atomic E-state index is 0. The molecule has 216 valence electrons. The van der Waals surface area contributed by atoms with Gasteiger partial charge in [0, 0.05) is 25.4 Å². The third kappa shape index (κ3) is 29.3. The number of hydrogen-bond donors (Lipinski definition) is 1. The SMILES string of the molecule is CCCCCCCC/C=C\CCCCCCCC(=O)NCCOCCOC(=O)C(CC(=O)[O-])S(=O)(=O)[O-].[Na+].[Na+]. The Bertz CT molecular complexity index is 765. The zero-order valence-corrected chi connectivity index (χ0v) is 29.1. The molecule has 0 bridgehead atoms. The van der Waals surface area contributed by atoms with Gasteiger partial charge in [0.15, 0.2) is 5.25 Å². The first kappa shape index (κ1) is 43.5. The van der Waals surface area contributed by atoms with Gasteiger partial charge in [-0.3, -0.25) is 9.59 Å². The molecule has 0 aliphatic heterocycles. The van der Waals surface area contributed by atoms with Crippen LogP contribution in [0.1, 0.15) is 103 Å². The van der Waals surface area contributed by atoms with E-state index in [1.165, 1.54) is 51.4 Å². The fourth-order valence-corrected chi connectivity index (χ4v) is 4.20. The van der Waals surface area contributed by atoms with E-state index in [0.29, 0.717) is 6.42 Å². The predicted octanol–water partition coefficient (Wildman–Crippen LogP) is -3.24. The number of amides is 1. The van der Waals surface area contributed by atoms with Crippen molar-refractivity contribution in [2.24, 2.45) is 0 Å². The van der Waals surface area contributed by atoms with Crippen LogP contribution in [-0.4, -0.2) is 62.4 Å². The fraction of sp³-hybridized carbons (Fsp3) is 0.808. The number of hydrogen-bond acceptors (Lipinski definition) is 9. The van der Waals surface area contributed by atoms with Crippen molar-refractivity contribution in [1.82, 2.24) is 5.32 Å². The predicted molar refractivity (Wildman–Crippen MR) is 137 cm³/mol. The van der Waals surface area contributed by atoms with Crippen LogP contribution >= 0.6 is 0 Å². The van der Waals surface area contributed by atoms with Crippen LogP contribution in [0, 0.1) is 0 Å². The number of nitrogens with one attached hydrogen (secondary N) is 1. The molecule has 0 aromatic carbocycles. The maximum atomic E-state index is 11.8. The van der Waals surface area contributed by atoms with Gasteiger partial charge >= 0.3 is 65.1 Å². The van der Waals surface area contributed by atoms with Crippen LogP contribution in [0.3, 0.4) is 0 Å². The van der Waals surface area contributed by atoms with Gasteiger partial charge in [-0.05, 0) is 32.1 Å². The van der Waals surface area contributed by atoms with Crippen molar-refractivity contribution < 1.29 is 101 Å². The molecule has 1 atom stereocenters. The van der Waals surface area contributed by atoms with Crippen molar-refractivity contribution in [3.05, 3.63) is 12.2 Å². The van der Waals surface area contributed by atoms with Gasteiger partial charge in [0.1, 0.15) is 16.7 Å². The van der Waals surface area contributed by atoms with Gasteiger partial charge in [0.25, 0.3) is 0 Å². The van der Waals surface area contributed by atoms with Crippen molar-refractivity contribution in [1.29, 1.82) is 0 Å². The Morgan fingerprint density at radius 1 is 0.821 bits per heavy atom. The molecule has 0 spiro atoms. The van der Waals surface area contributed by atoms with Crippen LogP contribution in [0.25, 0.3) is 0 Å². The summed E-state index contributed by atoms with van der Waals surface area (Å²) >= 11 is 0. The largest absolute Gasteiger partial charge is 1.00 e. The van der Waals surface area contributed by atoms with Gasteiger partial charge in [0.05, 0.1) is 13.2 Å². The first-order valence-electron chi connectivity index (χ1n) is 13.5. The van der Waals surface area contributed by atoms with Crippen LogP contribution in [0.4, 0.5) is 0 Å². The second-order valence-corrected chi connectivity index (χ2v) is 10.6. The molecule has 0 saturated carbocycles. The van der Waals surface area contributed by atoms with Crippen molar-refractivity contribution in [3.8, 4) is 0 Å². The van der Waals surface area contributed by atoms with E-state index in [9.17, 15) is 32.5 Å². The molecule has 13 heteroatoms. The van der Waals surface area contributed by atoms with Gasteiger partial charge in [-0.25, -0.2) is 8.42 Å². The van der Waals surface area contributed by atoms with Gasteiger partial charge in [-0.1, -0.05) is 70.4 Å². The Labute approximate surface area is 279 Å². The first-order valence-corrected chi connectivity index (χ1v) is 15.0. The van der Waals surface area contributed by atoms with E-state index in [4.69, 9.17) is 4.74 Å². The van der Waals surface area contributed by atoms with E-state index in [-0.39, 0.29) is 91.4 Å². The third-order valence-electron chi connectivity index (χ3n) is 5.67. The van der Waals surface area contributed by atoms with Crippen LogP contribution in [0.5, 0.6) is 0 Å². The molecule has 0 saturated heterocycles. The number of ether oxygens (including phenoxy) is 2. The molecular formula is C26H45NNa2O9S. The molecule has 10 nitrogen and oxygen atoms in total. The number of allylic oxidation sites excluding steroid dienone is 2. The number of aliphatic carboxylic acids is 1. The quantitative estimate of drug-likeness (QED) is 0.0377. The molecule has 0 heterocycles. The zero-order valence-electron chi connectivity index (χ0n) is 24.2. The topological polar surface area (TPSA) is 162 Å². The number of esters is 1. The molecule has 1 unspecified atom stereocenters. The summed E-state index contributed by atoms with van der Waals surface area (Å²) in [7, 11) is -5.18. The Hall–Kier alpha value is 0.0200. The summed E-state index contributed by atoms with van der Waals surface area (Å²) in [5, 5.41) is 10.8. The molecule has 0 fully saturated rings. The minimum Gasteiger partial charge on any atom is -0.747 e. The summed E-state index contributed by atoms with van der Waals surface area (Å²) in [5.74, 6) is -3.38. The van der Waals surface area contributed by atoms with E-state index in [0.717, 1.165) is 32.1 Å². The Balaban J connectivity index is -0.00000648. The van der Waals surface area contributed by atoms with Crippen LogP contribution in [0.15, 0.2) is 12.2 Å². The summed E-state index contributed by atoms with van der Waals surface area (Å²) in [4.78, 5) is 33.9. The summed E-state index contributed by atoms with van der Waals surface area (Å²) < 4.78 is 42.6. The summed E-state index contributed by atoms with van der Waals surface area (Å²) in [6.07, 6.45) is 19.3. The first-order chi connectivity index (χ1) is 17.7. The summed E-state index contributed by atoms with van der Waals surface area (Å²) in [6.45, 7) is 2.19. The summed E-state index contributed by atoms with van der Waals surface area (Å²) in [5.41, 5.74) is 0. The molecule has 1 amide bonds. The molecule has 0 radical (unpaired) electrons. The molecular weight excluding hydrogens is 548 g/mol. The minimum atomic E-state index is -5.18. The number of carboxylic acid groups (broad SMARTS) is 1. The molecule has 0 aromatic rings. The average molecular weight is 594 g/mol. The van der Waals surface area contributed by atoms with Crippen LogP contribution in [0.2, 0.25) is 0 Å². The van der Waals surface area contributed by atoms with E-state index in [1.807, 2.05) is 0 Å². The molecule has 0 aromatic heterocycles. The van der Waals surface area contributed by atoms with Gasteiger partial charge in [-0.2, -0.15) is 0 Å². The Morgan fingerprint density at radius 2 is 1.36 bits per heavy atom. The third-order valence-corrected chi connectivity index (χ3v) is 6.73. The van der Waals surface area contributed by atoms with Crippen molar-refractivity contribution in [3.63, 3.8) is 0 Å². The Kier molecular flexibility index (Phi) is 32.9. The molecule has 0 aliphatic carbocycles. The van der Waals surface area contributed by atoms with Gasteiger partial charge in [-0.15, -0.1) is 0 Å². The number of carboxylic acids is 1. The fourth-order valence-electron chi connectivity index (χ4n) is 3.56. The van der Waals surface area contributed by atoms with Crippen LogP contribution < -0.4 is 69.5 Å². The molecule has 39 heavy (non-hydrogen) atoms. The average Bonchev–Trinajstić information content (AvgIpc) is 2.83. The van der Waals surface area contributed by atoms with E-state index in [1.54, 1.807) is 0 Å². The standard InChI is InChI=1S/C26H47NO9S.2Na/c1-2-3-4-5-6-7-8-9-10-11-12-13-14-15-16-17-24(28)27-18-19-35-20-21-36-26(31)23(22-25(29)30)37(32,33)34;;/h9-10,23H,2-8,11-22H2,1H3,(H,27,28)(H,29,30)(H,32,33,34);;/q;2*+1/p-2/b10-9-;;. The second-order valence-electron chi connectivity index (χ2n) is 9.02. The van der Waals surface area contributed by atoms with Crippen molar-refractivity contribution in [2.75, 3.05) is 26.4 Å². The molecule has 0 rings (SSSR count). The number of carbonyl (C=O) groups is 3.